The molecule has 0 aromatic carbocycles. The molecular formula is C10H18S2. The summed E-state index contributed by atoms with van der Waals surface area (Å²) in [5.74, 6) is 0. The Hall–Kier alpha value is 0.180. The van der Waals surface area contributed by atoms with Crippen LogP contribution in [0.5, 0.6) is 0 Å². The fraction of sp³-hybridized carbons (Fsp3) is 0.700. The lowest BCUT2D eigenvalue weighted by Gasteiger charge is -1.95. The molecule has 0 atom stereocenters. The van der Waals surface area contributed by atoms with Gasteiger partial charge in [0.05, 0.1) is 4.20 Å². The van der Waals surface area contributed by atoms with Gasteiger partial charge in [-0.2, -0.15) is 0 Å². The third-order valence-electron chi connectivity index (χ3n) is 1.73. The van der Waals surface area contributed by atoms with E-state index in [-0.39, 0.29) is 0 Å². The molecule has 12 heavy (non-hydrogen) atoms. The lowest BCUT2D eigenvalue weighted by Crippen LogP contribution is -1.77. The average Bonchev–Trinajstić information content (AvgIpc) is 2.02. The molecule has 0 aliphatic rings. The second-order valence-corrected chi connectivity index (χ2v) is 4.17. The van der Waals surface area contributed by atoms with Gasteiger partial charge in [0.1, 0.15) is 0 Å². The predicted octanol–water partition coefficient (Wildman–Crippen LogP) is 4.16. The number of thiocarbonyl (C=S) groups is 1. The number of hydrogen-bond acceptors (Lipinski definition) is 1. The Morgan fingerprint density at radius 3 is 2.50 bits per heavy atom. The standard InChI is InChI=1S/C10H18S2/c1-2-3-4-5-6-7-8-9-10(11)12/h8-9H,2-7H2,1H3,(H,11,12). The Bertz CT molecular complexity index is 139. The summed E-state index contributed by atoms with van der Waals surface area (Å²) in [4.78, 5) is 0. The van der Waals surface area contributed by atoms with E-state index >= 15 is 0 Å². The van der Waals surface area contributed by atoms with Crippen LogP contribution in [-0.2, 0) is 0 Å². The summed E-state index contributed by atoms with van der Waals surface area (Å²) < 4.78 is 0.684. The summed E-state index contributed by atoms with van der Waals surface area (Å²) in [6.07, 6.45) is 11.8. The Kier molecular flexibility index (Phi) is 9.41. The Morgan fingerprint density at radius 1 is 1.25 bits per heavy atom. The highest BCUT2D eigenvalue weighted by Crippen LogP contribution is 2.05. The molecule has 2 heteroatoms. The molecule has 0 aromatic rings. The van der Waals surface area contributed by atoms with Gasteiger partial charge in [-0.15, -0.1) is 12.6 Å². The van der Waals surface area contributed by atoms with Gasteiger partial charge in [-0.3, -0.25) is 0 Å². The molecule has 0 unspecified atom stereocenters. The summed E-state index contributed by atoms with van der Waals surface area (Å²) >= 11 is 8.79. The molecule has 0 aliphatic heterocycles. The van der Waals surface area contributed by atoms with Gasteiger partial charge in [-0.1, -0.05) is 50.9 Å². The molecule has 0 fully saturated rings. The predicted molar refractivity (Wildman–Crippen MR) is 64.1 cm³/mol. The fourth-order valence-electron chi connectivity index (χ4n) is 1.05. The van der Waals surface area contributed by atoms with Crippen LogP contribution in [0.2, 0.25) is 0 Å². The van der Waals surface area contributed by atoms with Crippen LogP contribution in [0.3, 0.4) is 0 Å². The molecule has 70 valence electrons. The topological polar surface area (TPSA) is 0 Å². The van der Waals surface area contributed by atoms with E-state index in [0.717, 1.165) is 6.42 Å². The summed E-state index contributed by atoms with van der Waals surface area (Å²) in [5, 5.41) is 0. The van der Waals surface area contributed by atoms with Crippen molar-refractivity contribution in [3.05, 3.63) is 12.2 Å². The molecule has 0 nitrogen and oxygen atoms in total. The van der Waals surface area contributed by atoms with Crippen LogP contribution in [0, 0.1) is 0 Å². The van der Waals surface area contributed by atoms with E-state index in [1.54, 1.807) is 0 Å². The Morgan fingerprint density at radius 2 is 1.92 bits per heavy atom. The maximum atomic E-state index is 4.79. The van der Waals surface area contributed by atoms with Gasteiger partial charge in [-0.25, -0.2) is 0 Å². The van der Waals surface area contributed by atoms with Crippen molar-refractivity contribution in [2.75, 3.05) is 0 Å². The van der Waals surface area contributed by atoms with Crippen LogP contribution in [0.25, 0.3) is 0 Å². The average molecular weight is 202 g/mol. The maximum Gasteiger partial charge on any atom is 0.0672 e. The quantitative estimate of drug-likeness (QED) is 0.280. The monoisotopic (exact) mass is 202 g/mol. The first-order chi connectivity index (χ1) is 5.77. The fourth-order valence-corrected chi connectivity index (χ4v) is 1.25. The molecule has 0 N–H and O–H groups in total. The first-order valence-corrected chi connectivity index (χ1v) is 5.52. The summed E-state index contributed by atoms with van der Waals surface area (Å²) in [6.45, 7) is 2.24. The zero-order valence-corrected chi connectivity index (χ0v) is 9.46. The van der Waals surface area contributed by atoms with Gasteiger partial charge < -0.3 is 0 Å². The van der Waals surface area contributed by atoms with Gasteiger partial charge in [-0.05, 0) is 18.9 Å². The van der Waals surface area contributed by atoms with Crippen molar-refractivity contribution in [1.29, 1.82) is 0 Å². The SMILES string of the molecule is CCCCCCCC=CC(=S)S. The normalized spacial score (nSPS) is 10.8. The van der Waals surface area contributed by atoms with Crippen molar-refractivity contribution in [2.45, 2.75) is 45.4 Å². The number of unbranched alkanes of at least 4 members (excludes halogenated alkanes) is 5. The molecule has 0 rings (SSSR count). The van der Waals surface area contributed by atoms with Crippen molar-refractivity contribution in [2.24, 2.45) is 0 Å². The third-order valence-corrected chi connectivity index (χ3v) is 2.02. The Balaban J connectivity index is 3.05. The number of allylic oxidation sites excluding steroid dienone is 1. The van der Waals surface area contributed by atoms with Gasteiger partial charge >= 0.3 is 0 Å². The van der Waals surface area contributed by atoms with Crippen LogP contribution in [0.15, 0.2) is 12.2 Å². The molecule has 0 bridgehead atoms. The minimum Gasteiger partial charge on any atom is -0.132 e. The highest BCUT2D eigenvalue weighted by molar-refractivity contribution is 8.11. The highest BCUT2D eigenvalue weighted by Gasteiger charge is 1.86. The van der Waals surface area contributed by atoms with E-state index in [1.807, 2.05) is 6.08 Å². The Labute approximate surface area is 86.8 Å². The van der Waals surface area contributed by atoms with Crippen molar-refractivity contribution in [3.8, 4) is 0 Å². The zero-order valence-electron chi connectivity index (χ0n) is 7.75. The molecule has 0 spiro atoms. The molecular weight excluding hydrogens is 184 g/mol. The maximum absolute atomic E-state index is 4.79. The molecule has 0 saturated carbocycles. The van der Waals surface area contributed by atoms with Crippen LogP contribution in [-0.4, -0.2) is 4.20 Å². The second kappa shape index (κ2) is 9.27. The van der Waals surface area contributed by atoms with Crippen molar-refractivity contribution >= 4 is 29.0 Å². The number of hydrogen-bond donors (Lipinski definition) is 1. The lowest BCUT2D eigenvalue weighted by atomic mass is 10.1. The molecule has 0 heterocycles. The molecule has 0 saturated heterocycles. The van der Waals surface area contributed by atoms with Gasteiger partial charge in [0.2, 0.25) is 0 Å². The van der Waals surface area contributed by atoms with Crippen molar-refractivity contribution in [1.82, 2.24) is 0 Å². The van der Waals surface area contributed by atoms with Gasteiger partial charge in [0.15, 0.2) is 0 Å². The highest BCUT2D eigenvalue weighted by atomic mass is 32.1. The number of thiol groups is 1. The third kappa shape index (κ3) is 10.2. The summed E-state index contributed by atoms with van der Waals surface area (Å²) in [5.41, 5.74) is 0. The number of rotatable bonds is 7. The minimum atomic E-state index is 0.684. The van der Waals surface area contributed by atoms with E-state index in [4.69, 9.17) is 12.2 Å². The summed E-state index contributed by atoms with van der Waals surface area (Å²) in [7, 11) is 0. The van der Waals surface area contributed by atoms with Crippen LogP contribution in [0.4, 0.5) is 0 Å². The van der Waals surface area contributed by atoms with Gasteiger partial charge in [0.25, 0.3) is 0 Å². The molecule has 0 aliphatic carbocycles. The van der Waals surface area contributed by atoms with Crippen molar-refractivity contribution in [3.63, 3.8) is 0 Å². The van der Waals surface area contributed by atoms with Crippen LogP contribution >= 0.6 is 24.8 Å². The van der Waals surface area contributed by atoms with Crippen LogP contribution in [0.1, 0.15) is 45.4 Å². The lowest BCUT2D eigenvalue weighted by molar-refractivity contribution is 0.637. The molecule has 0 radical (unpaired) electrons. The summed E-state index contributed by atoms with van der Waals surface area (Å²) in [6, 6.07) is 0. The zero-order chi connectivity index (χ0) is 9.23. The van der Waals surface area contributed by atoms with E-state index in [2.05, 4.69) is 25.6 Å². The smallest absolute Gasteiger partial charge is 0.0672 e. The van der Waals surface area contributed by atoms with E-state index in [0.29, 0.717) is 4.20 Å². The first kappa shape index (κ1) is 12.2. The van der Waals surface area contributed by atoms with E-state index in [1.165, 1.54) is 32.1 Å². The first-order valence-electron chi connectivity index (χ1n) is 4.67. The second-order valence-electron chi connectivity index (χ2n) is 2.94. The van der Waals surface area contributed by atoms with E-state index < -0.39 is 0 Å². The largest absolute Gasteiger partial charge is 0.132 e. The van der Waals surface area contributed by atoms with Gasteiger partial charge in [0, 0.05) is 0 Å². The molecule has 0 aromatic heterocycles. The molecule has 0 amide bonds. The van der Waals surface area contributed by atoms with Crippen LogP contribution < -0.4 is 0 Å². The van der Waals surface area contributed by atoms with Crippen molar-refractivity contribution < 1.29 is 0 Å². The minimum absolute atomic E-state index is 0.684. The van der Waals surface area contributed by atoms with E-state index in [9.17, 15) is 0 Å².